The first-order valence-corrected chi connectivity index (χ1v) is 9.42. The van der Waals surface area contributed by atoms with E-state index < -0.39 is 23.3 Å². The van der Waals surface area contributed by atoms with E-state index in [0.717, 1.165) is 11.8 Å². The number of amides is 1. The van der Waals surface area contributed by atoms with Crippen LogP contribution in [0.4, 0.5) is 18.9 Å². The number of nitrogens with zero attached hydrogens (tertiary/aromatic N) is 3. The van der Waals surface area contributed by atoms with Crippen molar-refractivity contribution in [3.63, 3.8) is 0 Å². The van der Waals surface area contributed by atoms with E-state index in [0.29, 0.717) is 15.9 Å². The summed E-state index contributed by atoms with van der Waals surface area (Å²) in [5, 5.41) is 12.5. The molecule has 32 heavy (non-hydrogen) atoms. The SMILES string of the molecule is Cc1cccc(-n2ncc(C(=O)Nc3cccc(-c4ccc(=O)[nH]n4)c3)c2C(F)(F)F)c1. The van der Waals surface area contributed by atoms with Crippen molar-refractivity contribution < 1.29 is 18.0 Å². The summed E-state index contributed by atoms with van der Waals surface area (Å²) in [5.74, 6) is -0.956. The average molecular weight is 439 g/mol. The summed E-state index contributed by atoms with van der Waals surface area (Å²) in [4.78, 5) is 23.9. The number of hydrogen-bond donors (Lipinski definition) is 2. The molecule has 162 valence electrons. The van der Waals surface area contributed by atoms with Gasteiger partial charge in [0.05, 0.1) is 23.1 Å². The maximum Gasteiger partial charge on any atom is 0.434 e. The van der Waals surface area contributed by atoms with Gasteiger partial charge in [-0.2, -0.15) is 23.4 Å². The van der Waals surface area contributed by atoms with E-state index in [1.165, 1.54) is 30.3 Å². The van der Waals surface area contributed by atoms with Crippen LogP contribution < -0.4 is 10.9 Å². The van der Waals surface area contributed by atoms with Crippen LogP contribution in [0.1, 0.15) is 21.6 Å². The molecule has 0 atom stereocenters. The molecule has 2 aromatic heterocycles. The summed E-state index contributed by atoms with van der Waals surface area (Å²) in [6.07, 6.45) is -3.91. The lowest BCUT2D eigenvalue weighted by molar-refractivity contribution is -0.143. The fourth-order valence-electron chi connectivity index (χ4n) is 3.20. The van der Waals surface area contributed by atoms with Crippen molar-refractivity contribution in [2.24, 2.45) is 0 Å². The molecule has 0 spiro atoms. The summed E-state index contributed by atoms with van der Waals surface area (Å²) in [6.45, 7) is 1.75. The Morgan fingerprint density at radius 2 is 1.84 bits per heavy atom. The maximum absolute atomic E-state index is 13.9. The Balaban J connectivity index is 1.68. The van der Waals surface area contributed by atoms with Crippen LogP contribution in [0.5, 0.6) is 0 Å². The minimum Gasteiger partial charge on any atom is -0.322 e. The van der Waals surface area contributed by atoms with E-state index in [2.05, 4.69) is 20.6 Å². The number of hydrogen-bond acceptors (Lipinski definition) is 4. The Morgan fingerprint density at radius 3 is 2.53 bits per heavy atom. The highest BCUT2D eigenvalue weighted by Gasteiger charge is 2.40. The standard InChI is InChI=1S/C22H16F3N5O2/c1-13-4-2-7-16(10-13)30-20(22(23,24)25)17(12-26-30)21(32)27-15-6-3-5-14(11-15)18-8-9-19(31)29-28-18/h2-12H,1H3,(H,27,32)(H,29,31). The van der Waals surface area contributed by atoms with Crippen molar-refractivity contribution in [1.29, 1.82) is 0 Å². The van der Waals surface area contributed by atoms with E-state index in [1.54, 1.807) is 37.3 Å². The second-order valence-electron chi connectivity index (χ2n) is 7.00. The number of alkyl halides is 3. The number of aromatic nitrogens is 4. The van der Waals surface area contributed by atoms with E-state index >= 15 is 0 Å². The summed E-state index contributed by atoms with van der Waals surface area (Å²) in [6, 6.07) is 15.5. The third-order valence-corrected chi connectivity index (χ3v) is 4.62. The molecule has 2 N–H and O–H groups in total. The van der Waals surface area contributed by atoms with Crippen LogP contribution in [0.3, 0.4) is 0 Å². The molecule has 2 heterocycles. The number of carbonyl (C=O) groups is 1. The number of H-pyrrole nitrogens is 1. The lowest BCUT2D eigenvalue weighted by atomic mass is 10.1. The molecule has 0 radical (unpaired) electrons. The zero-order valence-electron chi connectivity index (χ0n) is 16.6. The molecule has 4 rings (SSSR count). The normalized spacial score (nSPS) is 11.4. The number of aromatic amines is 1. The largest absolute Gasteiger partial charge is 0.434 e. The summed E-state index contributed by atoms with van der Waals surface area (Å²) in [5.41, 5.74) is 0.0629. The topological polar surface area (TPSA) is 92.7 Å². The Hall–Kier alpha value is -4.21. The molecular formula is C22H16F3N5O2. The van der Waals surface area contributed by atoms with Crippen LogP contribution >= 0.6 is 0 Å². The highest BCUT2D eigenvalue weighted by Crippen LogP contribution is 2.34. The number of carbonyl (C=O) groups excluding carboxylic acids is 1. The van der Waals surface area contributed by atoms with Crippen molar-refractivity contribution in [1.82, 2.24) is 20.0 Å². The van der Waals surface area contributed by atoms with E-state index in [1.807, 2.05) is 0 Å². The predicted octanol–water partition coefficient (Wildman–Crippen LogP) is 4.20. The van der Waals surface area contributed by atoms with Crippen molar-refractivity contribution in [2.75, 3.05) is 5.32 Å². The van der Waals surface area contributed by atoms with Gasteiger partial charge in [0.2, 0.25) is 0 Å². The Kier molecular flexibility index (Phi) is 5.35. The molecule has 0 aliphatic carbocycles. The number of nitrogens with one attached hydrogen (secondary N) is 2. The third-order valence-electron chi connectivity index (χ3n) is 4.62. The van der Waals surface area contributed by atoms with Crippen LogP contribution in [0.25, 0.3) is 16.9 Å². The van der Waals surface area contributed by atoms with E-state index in [-0.39, 0.29) is 16.9 Å². The predicted molar refractivity (Wildman–Crippen MR) is 112 cm³/mol. The first-order chi connectivity index (χ1) is 15.2. The van der Waals surface area contributed by atoms with Crippen LogP contribution in [-0.4, -0.2) is 25.9 Å². The highest BCUT2D eigenvalue weighted by atomic mass is 19.4. The molecular weight excluding hydrogens is 423 g/mol. The molecule has 2 aromatic carbocycles. The van der Waals surface area contributed by atoms with E-state index in [4.69, 9.17) is 0 Å². The Bertz CT molecular complexity index is 1340. The van der Waals surface area contributed by atoms with Gasteiger partial charge in [0.25, 0.3) is 11.5 Å². The fraction of sp³-hybridized carbons (Fsp3) is 0.0909. The lowest BCUT2D eigenvalue weighted by Crippen LogP contribution is -2.20. The first kappa shape index (κ1) is 21.0. The number of halogens is 3. The second kappa shape index (κ2) is 8.14. The first-order valence-electron chi connectivity index (χ1n) is 9.42. The molecule has 0 fully saturated rings. The van der Waals surface area contributed by atoms with E-state index in [9.17, 15) is 22.8 Å². The molecule has 0 saturated heterocycles. The highest BCUT2D eigenvalue weighted by molar-refractivity contribution is 6.05. The van der Waals surface area contributed by atoms with Gasteiger partial charge in [-0.1, -0.05) is 24.3 Å². The number of benzene rings is 2. The maximum atomic E-state index is 13.9. The van der Waals surface area contributed by atoms with Crippen molar-refractivity contribution in [3.8, 4) is 16.9 Å². The monoisotopic (exact) mass is 439 g/mol. The molecule has 0 aliphatic rings. The van der Waals surface area contributed by atoms with Gasteiger partial charge < -0.3 is 5.32 Å². The smallest absolute Gasteiger partial charge is 0.322 e. The van der Waals surface area contributed by atoms with Gasteiger partial charge in [-0.05, 0) is 42.8 Å². The minimum atomic E-state index is -4.81. The van der Waals surface area contributed by atoms with Gasteiger partial charge in [-0.3, -0.25) is 9.59 Å². The molecule has 0 bridgehead atoms. The average Bonchev–Trinajstić information content (AvgIpc) is 3.21. The summed E-state index contributed by atoms with van der Waals surface area (Å²) < 4.78 is 42.3. The van der Waals surface area contributed by atoms with Gasteiger partial charge in [-0.15, -0.1) is 0 Å². The summed E-state index contributed by atoms with van der Waals surface area (Å²) in [7, 11) is 0. The minimum absolute atomic E-state index is 0.197. The molecule has 7 nitrogen and oxygen atoms in total. The molecule has 0 unspecified atom stereocenters. The molecule has 4 aromatic rings. The molecule has 10 heteroatoms. The van der Waals surface area contributed by atoms with Crippen molar-refractivity contribution >= 4 is 11.6 Å². The number of aryl methyl sites for hydroxylation is 1. The third kappa shape index (κ3) is 4.29. The van der Waals surface area contributed by atoms with Crippen molar-refractivity contribution in [2.45, 2.75) is 13.1 Å². The van der Waals surface area contributed by atoms with Crippen LogP contribution in [0.15, 0.2) is 71.7 Å². The van der Waals surface area contributed by atoms with Gasteiger partial charge in [-0.25, -0.2) is 9.78 Å². The van der Waals surface area contributed by atoms with Gasteiger partial charge >= 0.3 is 6.18 Å². The summed E-state index contributed by atoms with van der Waals surface area (Å²) >= 11 is 0. The Labute approximate surface area is 179 Å². The second-order valence-corrected chi connectivity index (χ2v) is 7.00. The Morgan fingerprint density at radius 1 is 1.06 bits per heavy atom. The quantitative estimate of drug-likeness (QED) is 0.499. The van der Waals surface area contributed by atoms with Crippen LogP contribution in [0.2, 0.25) is 0 Å². The van der Waals surface area contributed by atoms with Crippen LogP contribution in [-0.2, 0) is 6.18 Å². The van der Waals surface area contributed by atoms with Gasteiger partial charge in [0, 0.05) is 17.3 Å². The van der Waals surface area contributed by atoms with Gasteiger partial charge in [0.15, 0.2) is 5.69 Å². The lowest BCUT2D eigenvalue weighted by Gasteiger charge is -2.13. The van der Waals surface area contributed by atoms with Gasteiger partial charge in [0.1, 0.15) is 0 Å². The van der Waals surface area contributed by atoms with Crippen molar-refractivity contribution in [3.05, 3.63) is 94.0 Å². The van der Waals surface area contributed by atoms with Crippen LogP contribution in [0, 0.1) is 6.92 Å². The number of rotatable bonds is 4. The zero-order chi connectivity index (χ0) is 22.9. The molecule has 0 aliphatic heterocycles. The number of anilines is 1. The zero-order valence-corrected chi connectivity index (χ0v) is 16.6. The molecule has 1 amide bonds. The fourth-order valence-corrected chi connectivity index (χ4v) is 3.20. The molecule has 0 saturated carbocycles.